The zero-order chi connectivity index (χ0) is 23.7. The zero-order valence-electron chi connectivity index (χ0n) is 19.0. The van der Waals surface area contributed by atoms with Crippen LogP contribution in [0, 0.1) is 23.7 Å². The number of fused-ring (bicyclic) bond motifs is 2. The number of nitrogens with one attached hydrogen (secondary N) is 2. The van der Waals surface area contributed by atoms with E-state index < -0.39 is 29.8 Å². The molecule has 2 aromatic rings. The Balaban J connectivity index is 1.64. The lowest BCUT2D eigenvalue weighted by atomic mass is 9.70. The molecule has 1 aromatic heterocycles. The van der Waals surface area contributed by atoms with Crippen molar-refractivity contribution < 1.29 is 19.5 Å². The van der Waals surface area contributed by atoms with Crippen molar-refractivity contribution in [1.82, 2.24) is 30.5 Å². The first kappa shape index (κ1) is 22.9. The van der Waals surface area contributed by atoms with E-state index in [9.17, 15) is 19.5 Å². The van der Waals surface area contributed by atoms with Gasteiger partial charge in [0.2, 0.25) is 17.7 Å². The summed E-state index contributed by atoms with van der Waals surface area (Å²) in [5.74, 6) is -2.68. The average molecular weight is 455 g/mol. The summed E-state index contributed by atoms with van der Waals surface area (Å²) in [5, 5.41) is 23.7. The molecule has 1 aliphatic carbocycles. The first-order valence-corrected chi connectivity index (χ1v) is 11.3. The molecule has 0 saturated carbocycles. The Morgan fingerprint density at radius 1 is 1.21 bits per heavy atom. The average Bonchev–Trinajstić information content (AvgIpc) is 3.37. The molecule has 1 saturated heterocycles. The lowest BCUT2D eigenvalue weighted by Gasteiger charge is -2.33. The molecular formula is C23H30N6O4. The summed E-state index contributed by atoms with van der Waals surface area (Å²) in [6.07, 6.45) is 4.28. The van der Waals surface area contributed by atoms with Gasteiger partial charge in [0.25, 0.3) is 0 Å². The van der Waals surface area contributed by atoms with E-state index in [0.29, 0.717) is 11.9 Å². The molecule has 2 heterocycles. The Kier molecular flexibility index (Phi) is 6.46. The number of allylic oxidation sites excluding steroid dienone is 1. The standard InChI is InChI=1S/C23H30N6O4/c1-4-14(11-30)29-20(15-10-9-13(2)18(21(31)24-3)19(15)23(29)33)22(32)25-12-28-17-8-6-5-7-16(17)26-27-28/h5-10,13-15,18-20,30H,4,11-12H2,1-3H3,(H,24,31)(H,25,32)/t13-,14+,15+,18-,19-,20+/m1/s1. The zero-order valence-corrected chi connectivity index (χ0v) is 19.0. The predicted molar refractivity (Wildman–Crippen MR) is 120 cm³/mol. The number of aliphatic hydroxyl groups is 1. The van der Waals surface area contributed by atoms with Crippen molar-refractivity contribution in [3.63, 3.8) is 0 Å². The minimum Gasteiger partial charge on any atom is -0.394 e. The van der Waals surface area contributed by atoms with Crippen molar-refractivity contribution in [2.24, 2.45) is 23.7 Å². The first-order chi connectivity index (χ1) is 15.9. The van der Waals surface area contributed by atoms with Crippen LogP contribution in [0.25, 0.3) is 11.0 Å². The third kappa shape index (κ3) is 3.88. The molecule has 176 valence electrons. The molecule has 6 atom stereocenters. The highest BCUT2D eigenvalue weighted by Gasteiger charge is 2.57. The van der Waals surface area contributed by atoms with Crippen molar-refractivity contribution in [3.05, 3.63) is 36.4 Å². The largest absolute Gasteiger partial charge is 0.394 e. The number of likely N-dealkylation sites (tertiary alicyclic amines) is 1. The second-order valence-electron chi connectivity index (χ2n) is 8.70. The van der Waals surface area contributed by atoms with Crippen LogP contribution >= 0.6 is 0 Å². The van der Waals surface area contributed by atoms with Gasteiger partial charge in [-0.15, -0.1) is 5.10 Å². The van der Waals surface area contributed by atoms with E-state index in [2.05, 4.69) is 20.9 Å². The van der Waals surface area contributed by atoms with Crippen molar-refractivity contribution >= 4 is 28.8 Å². The second kappa shape index (κ2) is 9.30. The van der Waals surface area contributed by atoms with Gasteiger partial charge in [-0.2, -0.15) is 0 Å². The normalized spacial score (nSPS) is 27.5. The number of carbonyl (C=O) groups excluding carboxylic acids is 3. The Labute approximate surface area is 192 Å². The molecule has 1 aliphatic heterocycles. The third-order valence-electron chi connectivity index (χ3n) is 6.93. The number of nitrogens with zero attached hydrogens (tertiary/aromatic N) is 4. The van der Waals surface area contributed by atoms with Crippen molar-refractivity contribution in [2.75, 3.05) is 13.7 Å². The lowest BCUT2D eigenvalue weighted by molar-refractivity contribution is -0.143. The van der Waals surface area contributed by atoms with Gasteiger partial charge in [-0.1, -0.05) is 43.3 Å². The van der Waals surface area contributed by atoms with Crippen LogP contribution in [0.2, 0.25) is 0 Å². The van der Waals surface area contributed by atoms with Crippen LogP contribution in [0.4, 0.5) is 0 Å². The van der Waals surface area contributed by atoms with Gasteiger partial charge in [0.05, 0.1) is 30.0 Å². The molecule has 10 nitrogen and oxygen atoms in total. The minimum absolute atomic E-state index is 0.0875. The Morgan fingerprint density at radius 2 is 1.97 bits per heavy atom. The number of para-hydroxylation sites is 1. The summed E-state index contributed by atoms with van der Waals surface area (Å²) in [6, 6.07) is 6.09. The minimum atomic E-state index is -0.828. The van der Waals surface area contributed by atoms with Gasteiger partial charge in [-0.05, 0) is 24.5 Å². The van der Waals surface area contributed by atoms with E-state index in [1.807, 2.05) is 50.3 Å². The summed E-state index contributed by atoms with van der Waals surface area (Å²) < 4.78 is 1.58. The van der Waals surface area contributed by atoms with Crippen LogP contribution < -0.4 is 10.6 Å². The van der Waals surface area contributed by atoms with Gasteiger partial charge in [-0.3, -0.25) is 14.4 Å². The Bertz CT molecular complexity index is 1080. The van der Waals surface area contributed by atoms with Gasteiger partial charge in [0, 0.05) is 13.0 Å². The van der Waals surface area contributed by atoms with E-state index in [0.717, 1.165) is 5.52 Å². The number of aliphatic hydroxyl groups excluding tert-OH is 1. The van der Waals surface area contributed by atoms with E-state index in [1.165, 1.54) is 4.90 Å². The van der Waals surface area contributed by atoms with Crippen LogP contribution in [-0.4, -0.2) is 68.5 Å². The highest BCUT2D eigenvalue weighted by atomic mass is 16.3. The molecule has 0 bridgehead atoms. The maximum Gasteiger partial charge on any atom is 0.244 e. The van der Waals surface area contributed by atoms with E-state index in [-0.39, 0.29) is 36.9 Å². The second-order valence-corrected chi connectivity index (χ2v) is 8.70. The fraction of sp³-hybridized carbons (Fsp3) is 0.522. The highest BCUT2D eigenvalue weighted by molar-refractivity contribution is 5.97. The number of benzene rings is 1. The number of hydrogen-bond donors (Lipinski definition) is 3. The summed E-state index contributed by atoms with van der Waals surface area (Å²) >= 11 is 0. The van der Waals surface area contributed by atoms with Gasteiger partial charge in [0.15, 0.2) is 0 Å². The molecule has 0 radical (unpaired) electrons. The molecule has 3 amide bonds. The van der Waals surface area contributed by atoms with Crippen molar-refractivity contribution in [3.8, 4) is 0 Å². The number of carbonyl (C=O) groups is 3. The number of amides is 3. The molecular weight excluding hydrogens is 424 g/mol. The maximum absolute atomic E-state index is 13.6. The molecule has 10 heteroatoms. The van der Waals surface area contributed by atoms with Crippen LogP contribution in [0.15, 0.2) is 36.4 Å². The maximum atomic E-state index is 13.6. The quantitative estimate of drug-likeness (QED) is 0.516. The predicted octanol–water partition coefficient (Wildman–Crippen LogP) is 0.287. The van der Waals surface area contributed by atoms with Gasteiger partial charge in [0.1, 0.15) is 18.2 Å². The van der Waals surface area contributed by atoms with Crippen LogP contribution in [0.5, 0.6) is 0 Å². The Hall–Kier alpha value is -3.27. The number of rotatable bonds is 7. The molecule has 33 heavy (non-hydrogen) atoms. The van der Waals surface area contributed by atoms with Crippen LogP contribution in [0.3, 0.4) is 0 Å². The summed E-state index contributed by atoms with van der Waals surface area (Å²) in [5.41, 5.74) is 1.50. The smallest absolute Gasteiger partial charge is 0.244 e. The first-order valence-electron chi connectivity index (χ1n) is 11.3. The number of hydrogen-bond acceptors (Lipinski definition) is 6. The van der Waals surface area contributed by atoms with E-state index >= 15 is 0 Å². The van der Waals surface area contributed by atoms with Crippen molar-refractivity contribution in [1.29, 1.82) is 0 Å². The third-order valence-corrected chi connectivity index (χ3v) is 6.93. The molecule has 1 aromatic carbocycles. The molecule has 4 rings (SSSR count). The van der Waals surface area contributed by atoms with Gasteiger partial charge in [-0.25, -0.2) is 4.68 Å². The summed E-state index contributed by atoms with van der Waals surface area (Å²) in [4.78, 5) is 41.2. The van der Waals surface area contributed by atoms with Crippen LogP contribution in [-0.2, 0) is 21.1 Å². The lowest BCUT2D eigenvalue weighted by Crippen LogP contribution is -2.52. The molecule has 3 N–H and O–H groups in total. The Morgan fingerprint density at radius 3 is 2.67 bits per heavy atom. The summed E-state index contributed by atoms with van der Waals surface area (Å²) in [7, 11) is 1.55. The fourth-order valence-electron chi connectivity index (χ4n) is 5.21. The number of aromatic nitrogens is 3. The molecule has 1 fully saturated rings. The molecule has 0 unspecified atom stereocenters. The topological polar surface area (TPSA) is 129 Å². The van der Waals surface area contributed by atoms with Crippen molar-refractivity contribution in [2.45, 2.75) is 39.0 Å². The van der Waals surface area contributed by atoms with Gasteiger partial charge < -0.3 is 20.6 Å². The van der Waals surface area contributed by atoms with Crippen LogP contribution in [0.1, 0.15) is 20.3 Å². The van der Waals surface area contributed by atoms with E-state index in [4.69, 9.17) is 0 Å². The fourth-order valence-corrected chi connectivity index (χ4v) is 5.21. The SMILES string of the molecule is CC[C@@H](CO)N1C(=O)[C@@H]2[C@H](C=C[C@@H](C)[C@H]2C(=O)NC)[C@H]1C(=O)NCn1nnc2ccccc21. The van der Waals surface area contributed by atoms with E-state index in [1.54, 1.807) is 11.7 Å². The summed E-state index contributed by atoms with van der Waals surface area (Å²) in [6.45, 7) is 3.59. The monoisotopic (exact) mass is 454 g/mol. The molecule has 2 aliphatic rings. The van der Waals surface area contributed by atoms with Gasteiger partial charge >= 0.3 is 0 Å². The highest BCUT2D eigenvalue weighted by Crippen LogP contribution is 2.44. The molecule has 0 spiro atoms.